The third kappa shape index (κ3) is 5.40. The fraction of sp³-hybridized carbons (Fsp3) is 0.615. The maximum absolute atomic E-state index is 11.0. The molecule has 0 aliphatic rings. The van der Waals surface area contributed by atoms with Gasteiger partial charge >= 0.3 is 5.97 Å². The first-order valence-electron chi connectivity index (χ1n) is 5.42. The van der Waals surface area contributed by atoms with Gasteiger partial charge in [0, 0.05) is 6.92 Å². The summed E-state index contributed by atoms with van der Waals surface area (Å²) in [7, 11) is 0. The zero-order chi connectivity index (χ0) is 11.9. The Hall–Kier alpha value is -1.05. The van der Waals surface area contributed by atoms with Gasteiger partial charge in [-0.3, -0.25) is 4.79 Å². The molecule has 2 nitrogen and oxygen atoms in total. The second-order valence-corrected chi connectivity index (χ2v) is 4.04. The van der Waals surface area contributed by atoms with E-state index < -0.39 is 5.60 Å². The van der Waals surface area contributed by atoms with E-state index in [4.69, 9.17) is 4.74 Å². The molecule has 0 amide bonds. The molecule has 0 aromatic carbocycles. The molecule has 0 fully saturated rings. The molecular weight excluding hydrogens is 188 g/mol. The van der Waals surface area contributed by atoms with Crippen molar-refractivity contribution in [2.24, 2.45) is 0 Å². The number of allylic oxidation sites excluding steroid dienone is 2. The van der Waals surface area contributed by atoms with Crippen molar-refractivity contribution >= 4 is 5.97 Å². The third-order valence-electron chi connectivity index (χ3n) is 2.44. The van der Waals surface area contributed by atoms with E-state index in [-0.39, 0.29) is 5.97 Å². The van der Waals surface area contributed by atoms with Gasteiger partial charge in [-0.15, -0.1) is 0 Å². The molecule has 2 heteroatoms. The van der Waals surface area contributed by atoms with Crippen LogP contribution in [0.3, 0.4) is 0 Å². The molecule has 0 rings (SSSR count). The first-order valence-corrected chi connectivity index (χ1v) is 5.42. The van der Waals surface area contributed by atoms with E-state index in [1.54, 1.807) is 6.08 Å². The van der Waals surface area contributed by atoms with Crippen LogP contribution in [0.15, 0.2) is 24.3 Å². The van der Waals surface area contributed by atoms with Gasteiger partial charge in [-0.1, -0.05) is 25.2 Å². The lowest BCUT2D eigenvalue weighted by molar-refractivity contribution is -0.153. The molecule has 0 aromatic rings. The predicted molar refractivity (Wildman–Crippen MR) is 63.7 cm³/mol. The summed E-state index contributed by atoms with van der Waals surface area (Å²) in [6.07, 6.45) is 6.38. The molecule has 0 bridgehead atoms. The van der Waals surface area contributed by atoms with Crippen molar-refractivity contribution in [1.29, 1.82) is 0 Å². The van der Waals surface area contributed by atoms with E-state index in [2.05, 4.69) is 26.5 Å². The van der Waals surface area contributed by atoms with Crippen LogP contribution in [-0.4, -0.2) is 11.6 Å². The Bertz CT molecular complexity index is 249. The fourth-order valence-corrected chi connectivity index (χ4v) is 1.48. The maximum Gasteiger partial charge on any atom is 0.303 e. The summed E-state index contributed by atoms with van der Waals surface area (Å²) in [5.41, 5.74) is 0.796. The number of carbonyl (C=O) groups is 1. The van der Waals surface area contributed by atoms with Crippen LogP contribution in [0.2, 0.25) is 0 Å². The van der Waals surface area contributed by atoms with Crippen LogP contribution in [-0.2, 0) is 9.53 Å². The quantitative estimate of drug-likeness (QED) is 0.494. The first-order chi connectivity index (χ1) is 6.95. The Morgan fingerprint density at radius 3 is 2.33 bits per heavy atom. The van der Waals surface area contributed by atoms with Gasteiger partial charge in [-0.2, -0.15) is 0 Å². The maximum atomic E-state index is 11.0. The Kier molecular flexibility index (Phi) is 5.99. The van der Waals surface area contributed by atoms with E-state index in [0.29, 0.717) is 0 Å². The number of ether oxygens (including phenoxy) is 1. The van der Waals surface area contributed by atoms with Gasteiger partial charge in [0.1, 0.15) is 5.60 Å². The monoisotopic (exact) mass is 210 g/mol. The second-order valence-electron chi connectivity index (χ2n) is 4.04. The molecule has 0 spiro atoms. The van der Waals surface area contributed by atoms with Crippen molar-refractivity contribution in [1.82, 2.24) is 0 Å². The van der Waals surface area contributed by atoms with E-state index >= 15 is 0 Å². The lowest BCUT2D eigenvalue weighted by Gasteiger charge is -2.28. The van der Waals surface area contributed by atoms with Crippen LogP contribution in [0.4, 0.5) is 0 Å². The average Bonchev–Trinajstić information content (AvgIpc) is 2.15. The summed E-state index contributed by atoms with van der Waals surface area (Å²) >= 11 is 0. The van der Waals surface area contributed by atoms with E-state index in [9.17, 15) is 4.79 Å². The minimum absolute atomic E-state index is 0.242. The number of carbonyl (C=O) groups excluding carboxylic acids is 1. The minimum atomic E-state index is -0.488. The van der Waals surface area contributed by atoms with Crippen LogP contribution < -0.4 is 0 Å². The molecule has 0 radical (unpaired) electrons. The van der Waals surface area contributed by atoms with Crippen LogP contribution in [0.1, 0.15) is 47.0 Å². The molecule has 0 aliphatic carbocycles. The summed E-state index contributed by atoms with van der Waals surface area (Å²) in [6, 6.07) is 0. The molecule has 1 atom stereocenters. The topological polar surface area (TPSA) is 26.3 Å². The molecule has 86 valence electrons. The normalized spacial score (nSPS) is 13.9. The highest BCUT2D eigenvalue weighted by Crippen LogP contribution is 2.24. The van der Waals surface area contributed by atoms with Gasteiger partial charge in [0.2, 0.25) is 0 Å². The zero-order valence-corrected chi connectivity index (χ0v) is 10.3. The van der Waals surface area contributed by atoms with Gasteiger partial charge < -0.3 is 4.74 Å². The Labute approximate surface area is 93.0 Å². The summed E-state index contributed by atoms with van der Waals surface area (Å²) in [6.45, 7) is 11.3. The molecule has 0 aliphatic heterocycles. The van der Waals surface area contributed by atoms with Crippen molar-refractivity contribution in [3.05, 3.63) is 24.3 Å². The van der Waals surface area contributed by atoms with Crippen molar-refractivity contribution in [2.75, 3.05) is 0 Å². The summed E-state index contributed by atoms with van der Waals surface area (Å²) in [4.78, 5) is 11.0. The molecular formula is C13H22O2. The van der Waals surface area contributed by atoms with Crippen LogP contribution in [0, 0.1) is 0 Å². The van der Waals surface area contributed by atoms with Gasteiger partial charge in [0.05, 0.1) is 0 Å². The summed E-state index contributed by atoms with van der Waals surface area (Å²) < 4.78 is 5.33. The lowest BCUT2D eigenvalue weighted by Crippen LogP contribution is -2.31. The van der Waals surface area contributed by atoms with Crippen molar-refractivity contribution < 1.29 is 9.53 Å². The van der Waals surface area contributed by atoms with Crippen LogP contribution in [0.25, 0.3) is 0 Å². The number of esters is 1. The summed E-state index contributed by atoms with van der Waals surface area (Å²) in [5, 5.41) is 0. The number of rotatable bonds is 6. The van der Waals surface area contributed by atoms with Crippen molar-refractivity contribution in [3.8, 4) is 0 Å². The molecule has 1 unspecified atom stereocenters. The minimum Gasteiger partial charge on any atom is -0.455 e. The summed E-state index contributed by atoms with van der Waals surface area (Å²) in [5.74, 6) is -0.242. The van der Waals surface area contributed by atoms with Crippen molar-refractivity contribution in [3.63, 3.8) is 0 Å². The third-order valence-corrected chi connectivity index (χ3v) is 2.44. The highest BCUT2D eigenvalue weighted by molar-refractivity contribution is 5.66. The smallest absolute Gasteiger partial charge is 0.303 e. The van der Waals surface area contributed by atoms with E-state index in [1.807, 2.05) is 6.92 Å². The highest BCUT2D eigenvalue weighted by Gasteiger charge is 2.26. The lowest BCUT2D eigenvalue weighted by atomic mass is 9.94. The zero-order valence-electron chi connectivity index (χ0n) is 10.3. The second kappa shape index (κ2) is 6.44. The Morgan fingerprint density at radius 2 is 2.00 bits per heavy atom. The molecule has 0 heterocycles. The van der Waals surface area contributed by atoms with Crippen LogP contribution in [0.5, 0.6) is 0 Å². The van der Waals surface area contributed by atoms with Crippen LogP contribution >= 0.6 is 0 Å². The van der Waals surface area contributed by atoms with Gasteiger partial charge in [0.15, 0.2) is 0 Å². The van der Waals surface area contributed by atoms with Gasteiger partial charge in [0.25, 0.3) is 0 Å². The molecule has 0 N–H and O–H groups in total. The molecule has 0 aromatic heterocycles. The first kappa shape index (κ1) is 13.9. The Balaban J connectivity index is 4.43. The van der Waals surface area contributed by atoms with Gasteiger partial charge in [-0.05, 0) is 39.2 Å². The average molecular weight is 210 g/mol. The van der Waals surface area contributed by atoms with Gasteiger partial charge in [-0.25, -0.2) is 0 Å². The standard InChI is InChI=1S/C13H22O2/c1-6-13(7-2,15-12(5)14)10-8-9-11(3)4/h6,9H,1,7-8,10H2,2-5H3. The van der Waals surface area contributed by atoms with Crippen molar-refractivity contribution in [2.45, 2.75) is 52.6 Å². The Morgan fingerprint density at radius 1 is 1.40 bits per heavy atom. The molecule has 0 saturated heterocycles. The molecule has 15 heavy (non-hydrogen) atoms. The predicted octanol–water partition coefficient (Wildman–Crippen LogP) is 3.63. The fourth-order valence-electron chi connectivity index (χ4n) is 1.48. The number of hydrogen-bond donors (Lipinski definition) is 0. The molecule has 0 saturated carbocycles. The van der Waals surface area contributed by atoms with E-state index in [0.717, 1.165) is 19.3 Å². The van der Waals surface area contributed by atoms with E-state index in [1.165, 1.54) is 12.5 Å². The largest absolute Gasteiger partial charge is 0.455 e. The SMILES string of the molecule is C=CC(CC)(CCC=C(C)C)OC(C)=O. The highest BCUT2D eigenvalue weighted by atomic mass is 16.6. The number of hydrogen-bond acceptors (Lipinski definition) is 2.